The number of para-hydroxylation sites is 1. The summed E-state index contributed by atoms with van der Waals surface area (Å²) in [6.45, 7) is -0.0780. The van der Waals surface area contributed by atoms with E-state index < -0.39 is 41.5 Å². The lowest BCUT2D eigenvalue weighted by Gasteiger charge is -2.19. The molecule has 0 aliphatic carbocycles. The van der Waals surface area contributed by atoms with Crippen molar-refractivity contribution in [3.63, 3.8) is 0 Å². The summed E-state index contributed by atoms with van der Waals surface area (Å²) < 4.78 is 52.6. The van der Waals surface area contributed by atoms with Crippen LogP contribution in [-0.4, -0.2) is 42.7 Å². The maximum absolute atomic E-state index is 14.0. The van der Waals surface area contributed by atoms with Gasteiger partial charge in [-0.05, 0) is 37.3 Å². The Balaban J connectivity index is 1.80. The molecule has 0 aliphatic rings. The number of thiazole rings is 1. The normalized spacial score (nSPS) is 12.4. The molecule has 3 aromatic rings. The number of nitrogens with zero attached hydrogens (tertiary/aromatic N) is 3. The van der Waals surface area contributed by atoms with Crippen molar-refractivity contribution < 1.29 is 27.2 Å². The summed E-state index contributed by atoms with van der Waals surface area (Å²) >= 11 is 0.770. The maximum atomic E-state index is 14.0. The number of benzene rings is 2. The van der Waals surface area contributed by atoms with Crippen LogP contribution >= 0.6 is 11.3 Å². The molecule has 3 N–H and O–H groups in total. The molecule has 0 radical (unpaired) electrons. The number of alkyl halides is 3. The zero-order valence-corrected chi connectivity index (χ0v) is 22.1. The second kappa shape index (κ2) is 12.9. The van der Waals surface area contributed by atoms with Crippen molar-refractivity contribution in [1.82, 2.24) is 9.88 Å². The van der Waals surface area contributed by atoms with E-state index >= 15 is 0 Å². The van der Waals surface area contributed by atoms with E-state index in [0.717, 1.165) is 15.9 Å². The first-order valence-corrected chi connectivity index (χ1v) is 12.6. The number of hydrogen-bond acceptors (Lipinski definition) is 7. The number of hydrogen-bond donors (Lipinski definition) is 3. The van der Waals surface area contributed by atoms with Gasteiger partial charge in [-0.25, -0.2) is 4.39 Å². The molecule has 14 heteroatoms. The Hall–Kier alpha value is -4.64. The minimum Gasteiger partial charge on any atom is -0.363 e. The van der Waals surface area contributed by atoms with Crippen molar-refractivity contribution in [2.75, 3.05) is 35.7 Å². The van der Waals surface area contributed by atoms with E-state index in [0.29, 0.717) is 11.4 Å². The number of carbonyl (C=O) groups is 2. The van der Waals surface area contributed by atoms with Gasteiger partial charge >= 0.3 is 6.18 Å². The summed E-state index contributed by atoms with van der Waals surface area (Å²) in [4.78, 5) is 39.0. The van der Waals surface area contributed by atoms with Gasteiger partial charge in [-0.3, -0.25) is 19.0 Å². The van der Waals surface area contributed by atoms with Gasteiger partial charge in [0, 0.05) is 31.2 Å². The largest absolute Gasteiger partial charge is 0.405 e. The molecule has 0 atom stereocenters. The summed E-state index contributed by atoms with van der Waals surface area (Å²) in [6.07, 6.45) is -3.33. The lowest BCUT2D eigenvalue weighted by molar-refractivity contribution is -0.135. The highest BCUT2D eigenvalue weighted by molar-refractivity contribution is 7.07. The number of halogens is 4. The van der Waals surface area contributed by atoms with Gasteiger partial charge < -0.3 is 20.9 Å². The van der Waals surface area contributed by atoms with E-state index in [2.05, 4.69) is 10.6 Å². The Kier molecular flexibility index (Phi) is 9.68. The molecule has 0 spiro atoms. The molecule has 2 aromatic carbocycles. The standard InChI is InChI=1S/C26H24F4N6O3S/c1-3-36-24(39)21(40-25(36)18(12-31)23(38)33-15-26(28,29)30)13-32-16-7-6-8-17(11-16)34-22(37)14-35(2)20-10-5-4-9-19(20)27/h4-11,13,32H,3,14-15H2,1-2H3,(H,33,38)(H,34,37). The lowest BCUT2D eigenvalue weighted by atomic mass is 10.2. The number of carbonyl (C=O) groups excluding carboxylic acids is 2. The number of amides is 2. The SMILES string of the molecule is CCn1c(=C(C#N)C(=O)NCC(F)(F)F)sc(=CNc2cccc(NC(=O)CN(C)c3ccccc3F)c2)c1=O. The Morgan fingerprint density at radius 2 is 1.85 bits per heavy atom. The van der Waals surface area contributed by atoms with Crippen LogP contribution in [0.1, 0.15) is 6.92 Å². The third-order valence-electron chi connectivity index (χ3n) is 5.39. The van der Waals surface area contributed by atoms with Crippen LogP contribution in [0.5, 0.6) is 0 Å². The van der Waals surface area contributed by atoms with E-state index in [4.69, 9.17) is 0 Å². The monoisotopic (exact) mass is 576 g/mol. The second-order valence-electron chi connectivity index (χ2n) is 8.33. The van der Waals surface area contributed by atoms with Gasteiger partial charge in [0.25, 0.3) is 11.5 Å². The molecule has 0 unspecified atom stereocenters. The number of nitriles is 1. The minimum atomic E-state index is -4.66. The van der Waals surface area contributed by atoms with Crippen molar-refractivity contribution in [2.24, 2.45) is 0 Å². The summed E-state index contributed by atoms with van der Waals surface area (Å²) in [7, 11) is 1.58. The van der Waals surface area contributed by atoms with Crippen LogP contribution in [0.15, 0.2) is 53.3 Å². The highest BCUT2D eigenvalue weighted by Crippen LogP contribution is 2.18. The van der Waals surface area contributed by atoms with Gasteiger partial charge in [0.1, 0.15) is 27.6 Å². The van der Waals surface area contributed by atoms with Crippen molar-refractivity contribution in [1.29, 1.82) is 5.26 Å². The van der Waals surface area contributed by atoms with Gasteiger partial charge in [0.15, 0.2) is 5.57 Å². The third-order valence-corrected chi connectivity index (χ3v) is 6.52. The average molecular weight is 577 g/mol. The van der Waals surface area contributed by atoms with Crippen molar-refractivity contribution in [3.8, 4) is 6.07 Å². The van der Waals surface area contributed by atoms with Crippen LogP contribution in [0, 0.1) is 17.1 Å². The summed E-state index contributed by atoms with van der Waals surface area (Å²) in [6, 6.07) is 14.2. The Morgan fingerprint density at radius 3 is 2.50 bits per heavy atom. The number of likely N-dealkylation sites (N-methyl/N-ethyl adjacent to an activating group) is 1. The topological polar surface area (TPSA) is 119 Å². The van der Waals surface area contributed by atoms with Gasteiger partial charge in [-0.15, -0.1) is 11.3 Å². The summed E-state index contributed by atoms with van der Waals surface area (Å²) in [5.74, 6) is -2.10. The number of rotatable bonds is 9. The van der Waals surface area contributed by atoms with E-state index in [1.54, 1.807) is 67.8 Å². The molecular weight excluding hydrogens is 552 g/mol. The molecule has 0 saturated carbocycles. The average Bonchev–Trinajstić information content (AvgIpc) is 3.21. The Bertz CT molecular complexity index is 1620. The van der Waals surface area contributed by atoms with Crippen LogP contribution < -0.4 is 35.6 Å². The van der Waals surface area contributed by atoms with Gasteiger partial charge in [-0.2, -0.15) is 18.4 Å². The predicted octanol–water partition coefficient (Wildman–Crippen LogP) is 2.35. The zero-order valence-electron chi connectivity index (χ0n) is 21.3. The van der Waals surface area contributed by atoms with Crippen molar-refractivity contribution in [3.05, 3.63) is 73.9 Å². The molecular formula is C26H24F4N6O3S. The fourth-order valence-electron chi connectivity index (χ4n) is 3.56. The molecule has 210 valence electrons. The van der Waals surface area contributed by atoms with E-state index in [-0.39, 0.29) is 28.0 Å². The van der Waals surface area contributed by atoms with Crippen LogP contribution in [0.25, 0.3) is 11.8 Å². The molecule has 0 fully saturated rings. The first-order valence-electron chi connectivity index (χ1n) is 11.7. The van der Waals surface area contributed by atoms with Crippen LogP contribution in [0.2, 0.25) is 0 Å². The van der Waals surface area contributed by atoms with E-state index in [1.165, 1.54) is 17.2 Å². The fraction of sp³-hybridized carbons (Fsp3) is 0.231. The summed E-state index contributed by atoms with van der Waals surface area (Å²) in [5.41, 5.74) is 0.00458. The van der Waals surface area contributed by atoms with Gasteiger partial charge in [0.2, 0.25) is 5.91 Å². The first kappa shape index (κ1) is 29.9. The number of nitrogens with one attached hydrogen (secondary N) is 3. The molecule has 3 rings (SSSR count). The maximum Gasteiger partial charge on any atom is 0.405 e. The lowest BCUT2D eigenvalue weighted by Crippen LogP contribution is -2.37. The Labute approximate surface area is 229 Å². The fourth-order valence-corrected chi connectivity index (χ4v) is 4.64. The first-order chi connectivity index (χ1) is 18.9. The van der Waals surface area contributed by atoms with Gasteiger partial charge in [-0.1, -0.05) is 18.2 Å². The highest BCUT2D eigenvalue weighted by Gasteiger charge is 2.29. The van der Waals surface area contributed by atoms with E-state index in [1.807, 2.05) is 0 Å². The van der Waals surface area contributed by atoms with Crippen molar-refractivity contribution >= 4 is 52.0 Å². The molecule has 1 heterocycles. The molecule has 0 aliphatic heterocycles. The molecule has 0 saturated heterocycles. The van der Waals surface area contributed by atoms with Crippen LogP contribution in [0.3, 0.4) is 0 Å². The van der Waals surface area contributed by atoms with Gasteiger partial charge in [0.05, 0.1) is 12.2 Å². The number of anilines is 3. The second-order valence-corrected chi connectivity index (χ2v) is 9.36. The Morgan fingerprint density at radius 1 is 1.15 bits per heavy atom. The molecule has 0 bridgehead atoms. The number of aromatic nitrogens is 1. The minimum absolute atomic E-state index is 0.0685. The van der Waals surface area contributed by atoms with Crippen LogP contribution in [-0.2, 0) is 16.1 Å². The molecule has 1 aromatic heterocycles. The highest BCUT2D eigenvalue weighted by atomic mass is 32.1. The van der Waals surface area contributed by atoms with Crippen LogP contribution in [0.4, 0.5) is 34.6 Å². The quantitative estimate of drug-likeness (QED) is 0.337. The molecule has 2 amide bonds. The van der Waals surface area contributed by atoms with Crippen molar-refractivity contribution in [2.45, 2.75) is 19.6 Å². The van der Waals surface area contributed by atoms with E-state index in [9.17, 15) is 37.2 Å². The molecule has 9 nitrogen and oxygen atoms in total. The third kappa shape index (κ3) is 7.70. The summed E-state index contributed by atoms with van der Waals surface area (Å²) in [5, 5.41) is 16.7. The smallest absolute Gasteiger partial charge is 0.363 e. The zero-order chi connectivity index (χ0) is 29.4. The predicted molar refractivity (Wildman–Crippen MR) is 144 cm³/mol. The molecule has 40 heavy (non-hydrogen) atoms.